The molecule has 0 unspecified atom stereocenters. The molecule has 2 fully saturated rings. The van der Waals surface area contributed by atoms with E-state index in [2.05, 4.69) is 73.7 Å². The summed E-state index contributed by atoms with van der Waals surface area (Å²) in [7, 11) is 0. The maximum absolute atomic E-state index is 5.93. The van der Waals surface area contributed by atoms with E-state index >= 15 is 0 Å². The summed E-state index contributed by atoms with van der Waals surface area (Å²) < 4.78 is 8.28. The van der Waals surface area contributed by atoms with E-state index < -0.39 is 0 Å². The molecule has 0 amide bonds. The second-order valence-corrected chi connectivity index (χ2v) is 9.07. The average Bonchev–Trinajstić information content (AvgIpc) is 3.59. The monoisotopic (exact) mass is 461 g/mol. The molecule has 2 aromatic heterocycles. The predicted molar refractivity (Wildman–Crippen MR) is 135 cm³/mol. The summed E-state index contributed by atoms with van der Waals surface area (Å²) in [6.45, 7) is 3.50. The van der Waals surface area contributed by atoms with Gasteiger partial charge in [-0.15, -0.1) is 0 Å². The molecule has 7 heteroatoms. The van der Waals surface area contributed by atoms with Crippen molar-refractivity contribution in [2.75, 3.05) is 25.0 Å². The molecule has 6 nitrogen and oxygen atoms in total. The highest BCUT2D eigenvalue weighted by Crippen LogP contribution is 2.39. The van der Waals surface area contributed by atoms with Gasteiger partial charge in [0.15, 0.2) is 5.11 Å². The minimum Gasteiger partial charge on any atom is -0.385 e. The number of thiocarbonyl (C=S) groups is 1. The van der Waals surface area contributed by atoms with Gasteiger partial charge < -0.3 is 24.8 Å². The second-order valence-electron chi connectivity index (χ2n) is 8.69. The van der Waals surface area contributed by atoms with Crippen molar-refractivity contribution in [2.45, 2.75) is 44.0 Å². The zero-order chi connectivity index (χ0) is 22.5. The minimum absolute atomic E-state index is 0.0129. The third kappa shape index (κ3) is 5.04. The lowest BCUT2D eigenvalue weighted by molar-refractivity contribution is 0.0953. The lowest BCUT2D eigenvalue weighted by atomic mass is 10.0. The molecule has 0 bridgehead atoms. The molecule has 0 spiro atoms. The number of aromatic nitrogens is 2. The van der Waals surface area contributed by atoms with Gasteiger partial charge in [0.1, 0.15) is 0 Å². The van der Waals surface area contributed by atoms with Crippen molar-refractivity contribution in [3.05, 3.63) is 84.4 Å². The Labute approximate surface area is 201 Å². The van der Waals surface area contributed by atoms with Crippen LogP contribution in [-0.2, 0) is 11.3 Å². The van der Waals surface area contributed by atoms with Gasteiger partial charge >= 0.3 is 0 Å². The highest BCUT2D eigenvalue weighted by molar-refractivity contribution is 7.80. The van der Waals surface area contributed by atoms with E-state index in [4.69, 9.17) is 17.0 Å². The maximum atomic E-state index is 5.93. The maximum Gasteiger partial charge on any atom is 0.170 e. The topological polar surface area (TPSA) is 54.4 Å². The van der Waals surface area contributed by atoms with Crippen LogP contribution >= 0.6 is 12.2 Å². The van der Waals surface area contributed by atoms with Crippen LogP contribution in [0, 0.1) is 0 Å². The molecule has 0 saturated carbocycles. The standard InChI is InChI=1S/C26H31N5OS/c33-26-29-24(22-12-4-5-14-28-22)25(23-13-6-16-30(23)19-21-11-7-18-32-21)31(26)17-8-15-27-20-9-2-1-3-10-20/h1-6,9-10,12-14,16,21,24-25,27H,7-8,11,15,17-19H2,(H,29,33)/t21-,24-,25+/m0/s1. The van der Waals surface area contributed by atoms with Crippen LogP contribution < -0.4 is 10.6 Å². The highest BCUT2D eigenvalue weighted by atomic mass is 32.1. The first kappa shape index (κ1) is 21.9. The molecule has 33 heavy (non-hydrogen) atoms. The number of hydrogen-bond donors (Lipinski definition) is 2. The van der Waals surface area contributed by atoms with Gasteiger partial charge in [-0.1, -0.05) is 24.3 Å². The van der Waals surface area contributed by atoms with Gasteiger partial charge in [0.05, 0.1) is 23.9 Å². The van der Waals surface area contributed by atoms with Crippen LogP contribution in [0.3, 0.4) is 0 Å². The van der Waals surface area contributed by atoms with Gasteiger partial charge in [0, 0.05) is 50.0 Å². The lowest BCUT2D eigenvalue weighted by Crippen LogP contribution is -2.32. The van der Waals surface area contributed by atoms with E-state index in [1.165, 1.54) is 5.69 Å². The van der Waals surface area contributed by atoms with Crippen molar-refractivity contribution in [2.24, 2.45) is 0 Å². The van der Waals surface area contributed by atoms with Gasteiger partial charge in [-0.2, -0.15) is 0 Å². The molecule has 0 aliphatic carbocycles. The third-order valence-corrected chi connectivity index (χ3v) is 6.82. The molecule has 0 radical (unpaired) electrons. The van der Waals surface area contributed by atoms with Crippen LogP contribution in [0.2, 0.25) is 0 Å². The summed E-state index contributed by atoms with van der Waals surface area (Å²) in [6.07, 6.45) is 7.56. The van der Waals surface area contributed by atoms with E-state index in [-0.39, 0.29) is 18.2 Å². The number of hydrogen-bond acceptors (Lipinski definition) is 4. The van der Waals surface area contributed by atoms with Crippen LogP contribution in [0.25, 0.3) is 0 Å². The number of anilines is 1. The van der Waals surface area contributed by atoms with Gasteiger partial charge in [0.2, 0.25) is 0 Å². The number of benzene rings is 1. The summed E-state index contributed by atoms with van der Waals surface area (Å²) in [6, 6.07) is 20.9. The van der Waals surface area contributed by atoms with Crippen LogP contribution in [0.4, 0.5) is 5.69 Å². The Morgan fingerprint density at radius 3 is 2.76 bits per heavy atom. The van der Waals surface area contributed by atoms with Gasteiger partial charge in [-0.05, 0) is 67.9 Å². The minimum atomic E-state index is 0.0129. The molecule has 3 aromatic rings. The van der Waals surface area contributed by atoms with Crippen molar-refractivity contribution < 1.29 is 4.74 Å². The average molecular weight is 462 g/mol. The number of pyridine rings is 1. The first-order valence-corrected chi connectivity index (χ1v) is 12.2. The van der Waals surface area contributed by atoms with E-state index in [1.807, 2.05) is 24.4 Å². The smallest absolute Gasteiger partial charge is 0.170 e. The van der Waals surface area contributed by atoms with Crippen LogP contribution in [0.5, 0.6) is 0 Å². The molecule has 5 rings (SSSR count). The highest BCUT2D eigenvalue weighted by Gasteiger charge is 2.41. The van der Waals surface area contributed by atoms with Crippen molar-refractivity contribution >= 4 is 23.0 Å². The summed E-state index contributed by atoms with van der Waals surface area (Å²) >= 11 is 5.83. The van der Waals surface area contributed by atoms with Crippen LogP contribution in [0.15, 0.2) is 73.1 Å². The normalized spacial score (nSPS) is 22.5. The summed E-state index contributed by atoms with van der Waals surface area (Å²) in [5, 5.41) is 7.87. The molecule has 172 valence electrons. The first-order chi connectivity index (χ1) is 16.3. The summed E-state index contributed by atoms with van der Waals surface area (Å²) in [4.78, 5) is 7.00. The zero-order valence-corrected chi connectivity index (χ0v) is 19.6. The van der Waals surface area contributed by atoms with Crippen molar-refractivity contribution in [1.29, 1.82) is 0 Å². The Kier molecular flexibility index (Phi) is 6.88. The largest absolute Gasteiger partial charge is 0.385 e. The molecule has 4 heterocycles. The Morgan fingerprint density at radius 1 is 1.09 bits per heavy atom. The summed E-state index contributed by atoms with van der Waals surface area (Å²) in [5.74, 6) is 0. The fourth-order valence-electron chi connectivity index (χ4n) is 4.88. The Morgan fingerprint density at radius 2 is 1.97 bits per heavy atom. The SMILES string of the molecule is S=C1N[C@@H](c2ccccn2)[C@@H](c2cccn2C[C@@H]2CCCO2)N1CCCNc1ccccc1. The van der Waals surface area contributed by atoms with Gasteiger partial charge in [-0.25, -0.2) is 0 Å². The Balaban J connectivity index is 1.35. The predicted octanol–water partition coefficient (Wildman–Crippen LogP) is 4.54. The fourth-order valence-corrected chi connectivity index (χ4v) is 5.21. The quantitative estimate of drug-likeness (QED) is 0.361. The molecule has 1 aromatic carbocycles. The molecular formula is C26H31N5OS. The van der Waals surface area contributed by atoms with Gasteiger partial charge in [0.25, 0.3) is 0 Å². The van der Waals surface area contributed by atoms with Crippen LogP contribution in [0.1, 0.15) is 42.7 Å². The van der Waals surface area contributed by atoms with E-state index in [9.17, 15) is 0 Å². The Bertz CT molecular complexity index is 1040. The van der Waals surface area contributed by atoms with E-state index in [1.54, 1.807) is 0 Å². The molecular weight excluding hydrogens is 430 g/mol. The third-order valence-electron chi connectivity index (χ3n) is 6.47. The van der Waals surface area contributed by atoms with Gasteiger partial charge in [-0.3, -0.25) is 4.98 Å². The molecule has 2 aliphatic rings. The zero-order valence-electron chi connectivity index (χ0n) is 18.8. The van der Waals surface area contributed by atoms with E-state index in [0.717, 1.165) is 62.0 Å². The molecule has 2 N–H and O–H groups in total. The number of nitrogens with zero attached hydrogens (tertiary/aromatic N) is 3. The first-order valence-electron chi connectivity index (χ1n) is 11.8. The van der Waals surface area contributed by atoms with Crippen LogP contribution in [-0.4, -0.2) is 45.4 Å². The fraction of sp³-hybridized carbons (Fsp3) is 0.385. The molecule has 3 atom stereocenters. The summed E-state index contributed by atoms with van der Waals surface area (Å²) in [5.41, 5.74) is 3.41. The molecule has 2 saturated heterocycles. The number of para-hydroxylation sites is 1. The number of ether oxygens (including phenoxy) is 1. The number of rotatable bonds is 9. The Hall–Kier alpha value is -2.90. The van der Waals surface area contributed by atoms with E-state index in [0.29, 0.717) is 0 Å². The second kappa shape index (κ2) is 10.4. The molecule has 2 aliphatic heterocycles. The number of nitrogens with one attached hydrogen (secondary N) is 2. The lowest BCUT2D eigenvalue weighted by Gasteiger charge is -2.29. The van der Waals surface area contributed by atoms with Crippen molar-refractivity contribution in [3.63, 3.8) is 0 Å². The van der Waals surface area contributed by atoms with Crippen molar-refractivity contribution in [3.8, 4) is 0 Å². The van der Waals surface area contributed by atoms with Crippen molar-refractivity contribution in [1.82, 2.24) is 19.8 Å².